The first-order chi connectivity index (χ1) is 10.6. The van der Waals surface area contributed by atoms with Gasteiger partial charge in [0.15, 0.2) is 17.5 Å². The van der Waals surface area contributed by atoms with Crippen LogP contribution in [-0.2, 0) is 10.3 Å². The van der Waals surface area contributed by atoms with E-state index < -0.39 is 16.6 Å². The van der Waals surface area contributed by atoms with Crippen molar-refractivity contribution in [1.29, 1.82) is 0 Å². The number of hydrogen-bond acceptors (Lipinski definition) is 5. The van der Waals surface area contributed by atoms with Crippen LogP contribution in [0, 0.1) is 10.1 Å². The molecule has 6 heteroatoms. The minimum atomic E-state index is -1.41. The van der Waals surface area contributed by atoms with Crippen molar-refractivity contribution in [2.45, 2.75) is 11.7 Å². The molecule has 2 aromatic carbocycles. The lowest BCUT2D eigenvalue weighted by Crippen LogP contribution is -2.34. The van der Waals surface area contributed by atoms with E-state index in [2.05, 4.69) is 0 Å². The largest absolute Gasteiger partial charge is 0.343 e. The Hall–Kier alpha value is -2.86. The maximum Gasteiger partial charge on any atom is 0.269 e. The van der Waals surface area contributed by atoms with Crippen molar-refractivity contribution < 1.29 is 19.2 Å². The van der Waals surface area contributed by atoms with E-state index in [-0.39, 0.29) is 17.3 Å². The number of ketones is 2. The van der Waals surface area contributed by atoms with Gasteiger partial charge in [-0.05, 0) is 0 Å². The molecular weight excluding hydrogens is 286 g/mol. The number of epoxide rings is 1. The number of hydrogen-bond donors (Lipinski definition) is 0. The van der Waals surface area contributed by atoms with Crippen molar-refractivity contribution in [2.24, 2.45) is 0 Å². The molecule has 1 aliphatic carbocycles. The molecule has 1 saturated heterocycles. The second-order valence-corrected chi connectivity index (χ2v) is 5.28. The molecule has 0 saturated carbocycles. The molecule has 108 valence electrons. The zero-order valence-corrected chi connectivity index (χ0v) is 11.2. The molecule has 1 aliphatic heterocycles. The van der Waals surface area contributed by atoms with Crippen molar-refractivity contribution in [3.8, 4) is 0 Å². The van der Waals surface area contributed by atoms with Crippen LogP contribution in [0.5, 0.6) is 0 Å². The number of nitrogens with zero attached hydrogens (tertiary/aromatic N) is 1. The SMILES string of the molecule is O=C1c2ccccc2C(=O)C2(c3cccc([N+](=O)[O-])c3)OC12. The van der Waals surface area contributed by atoms with Crippen LogP contribution < -0.4 is 0 Å². The van der Waals surface area contributed by atoms with Crippen LogP contribution in [0.3, 0.4) is 0 Å². The smallest absolute Gasteiger partial charge is 0.269 e. The first-order valence-corrected chi connectivity index (χ1v) is 6.66. The second kappa shape index (κ2) is 4.08. The highest BCUT2D eigenvalue weighted by Gasteiger charge is 2.70. The maximum atomic E-state index is 12.8. The van der Waals surface area contributed by atoms with Gasteiger partial charge in [-0.25, -0.2) is 0 Å². The number of carbonyl (C=O) groups excluding carboxylic acids is 2. The van der Waals surface area contributed by atoms with Gasteiger partial charge in [0.05, 0.1) is 4.92 Å². The molecule has 0 bridgehead atoms. The Kier molecular flexibility index (Phi) is 2.38. The number of carbonyl (C=O) groups is 2. The number of rotatable bonds is 2. The summed E-state index contributed by atoms with van der Waals surface area (Å²) < 4.78 is 5.47. The first-order valence-electron chi connectivity index (χ1n) is 6.66. The fraction of sp³-hybridized carbons (Fsp3) is 0.125. The molecule has 6 nitrogen and oxygen atoms in total. The molecule has 0 amide bonds. The van der Waals surface area contributed by atoms with Crippen LogP contribution in [0.4, 0.5) is 5.69 Å². The summed E-state index contributed by atoms with van der Waals surface area (Å²) in [6, 6.07) is 12.2. The number of fused-ring (bicyclic) bond motifs is 2. The van der Waals surface area contributed by atoms with Crippen LogP contribution in [0.2, 0.25) is 0 Å². The van der Waals surface area contributed by atoms with Crippen LogP contribution in [0.15, 0.2) is 48.5 Å². The Morgan fingerprint density at radius 2 is 1.77 bits per heavy atom. The molecule has 0 aromatic heterocycles. The Balaban J connectivity index is 1.88. The third-order valence-electron chi connectivity index (χ3n) is 4.11. The van der Waals surface area contributed by atoms with E-state index in [9.17, 15) is 19.7 Å². The van der Waals surface area contributed by atoms with Crippen molar-refractivity contribution in [3.63, 3.8) is 0 Å². The van der Waals surface area contributed by atoms with Crippen molar-refractivity contribution >= 4 is 17.3 Å². The number of nitro groups is 1. The Morgan fingerprint density at radius 3 is 2.50 bits per heavy atom. The van der Waals surface area contributed by atoms with Crippen molar-refractivity contribution in [2.75, 3.05) is 0 Å². The van der Waals surface area contributed by atoms with E-state index >= 15 is 0 Å². The molecule has 0 spiro atoms. The van der Waals surface area contributed by atoms with Gasteiger partial charge in [-0.15, -0.1) is 0 Å². The van der Waals surface area contributed by atoms with Gasteiger partial charge in [-0.2, -0.15) is 0 Å². The summed E-state index contributed by atoms with van der Waals surface area (Å²) in [6.07, 6.45) is -0.892. The highest BCUT2D eigenvalue weighted by atomic mass is 16.6. The van der Waals surface area contributed by atoms with E-state index in [1.54, 1.807) is 30.3 Å². The fourth-order valence-corrected chi connectivity index (χ4v) is 3.00. The molecule has 0 N–H and O–H groups in total. The predicted molar refractivity (Wildman–Crippen MR) is 74.8 cm³/mol. The maximum absolute atomic E-state index is 12.8. The molecule has 2 aliphatic rings. The molecule has 22 heavy (non-hydrogen) atoms. The van der Waals surface area contributed by atoms with E-state index in [1.807, 2.05) is 0 Å². The van der Waals surface area contributed by atoms with Gasteiger partial charge in [0.25, 0.3) is 5.69 Å². The topological polar surface area (TPSA) is 89.8 Å². The molecule has 2 aromatic rings. The number of ether oxygens (including phenoxy) is 1. The number of non-ortho nitro benzene ring substituents is 1. The molecule has 4 rings (SSSR count). The number of nitro benzene ring substituents is 1. The van der Waals surface area contributed by atoms with Gasteiger partial charge in [-0.3, -0.25) is 19.7 Å². The molecule has 2 atom stereocenters. The standard InChI is InChI=1S/C16H9NO5/c18-13-11-6-1-2-7-12(11)14(19)16(15(13)22-16)9-4-3-5-10(8-9)17(20)21/h1-8,15H. The molecule has 1 heterocycles. The van der Waals surface area contributed by atoms with Gasteiger partial charge < -0.3 is 4.74 Å². The molecule has 2 unspecified atom stereocenters. The lowest BCUT2D eigenvalue weighted by molar-refractivity contribution is -0.384. The average Bonchev–Trinajstić information content (AvgIpc) is 3.30. The van der Waals surface area contributed by atoms with Crippen LogP contribution >= 0.6 is 0 Å². The average molecular weight is 295 g/mol. The van der Waals surface area contributed by atoms with Gasteiger partial charge in [0.1, 0.15) is 0 Å². The van der Waals surface area contributed by atoms with Gasteiger partial charge >= 0.3 is 0 Å². The monoisotopic (exact) mass is 295 g/mol. The lowest BCUT2D eigenvalue weighted by atomic mass is 9.78. The zero-order chi connectivity index (χ0) is 15.5. The summed E-state index contributed by atoms with van der Waals surface area (Å²) in [5.74, 6) is -0.588. The Bertz CT molecular complexity index is 859. The second-order valence-electron chi connectivity index (χ2n) is 5.28. The Labute approximate surface area is 124 Å². The minimum Gasteiger partial charge on any atom is -0.343 e. The lowest BCUT2D eigenvalue weighted by Gasteiger charge is -2.18. The van der Waals surface area contributed by atoms with E-state index in [1.165, 1.54) is 18.2 Å². The minimum absolute atomic E-state index is 0.139. The highest BCUT2D eigenvalue weighted by Crippen LogP contribution is 2.53. The van der Waals surface area contributed by atoms with E-state index in [0.29, 0.717) is 16.7 Å². The Morgan fingerprint density at radius 1 is 1.05 bits per heavy atom. The van der Waals surface area contributed by atoms with Crippen molar-refractivity contribution in [3.05, 3.63) is 75.3 Å². The molecule has 0 radical (unpaired) electrons. The third-order valence-corrected chi connectivity index (χ3v) is 4.11. The third kappa shape index (κ3) is 1.47. The summed E-state index contributed by atoms with van der Waals surface area (Å²) >= 11 is 0. The van der Waals surface area contributed by atoms with Crippen LogP contribution in [0.25, 0.3) is 0 Å². The first kappa shape index (κ1) is 12.8. The highest BCUT2D eigenvalue weighted by molar-refractivity contribution is 6.23. The van der Waals surface area contributed by atoms with Crippen LogP contribution in [-0.4, -0.2) is 22.6 Å². The normalized spacial score (nSPS) is 25.4. The summed E-state index contributed by atoms with van der Waals surface area (Å²) in [6.45, 7) is 0. The van der Waals surface area contributed by atoms with Gasteiger partial charge in [0, 0.05) is 28.8 Å². The summed E-state index contributed by atoms with van der Waals surface area (Å²) in [5.41, 5.74) is -0.555. The van der Waals surface area contributed by atoms with Gasteiger partial charge in [0.2, 0.25) is 5.78 Å². The number of benzene rings is 2. The summed E-state index contributed by atoms with van der Waals surface area (Å²) in [7, 11) is 0. The summed E-state index contributed by atoms with van der Waals surface area (Å²) in [5, 5.41) is 10.9. The molecular formula is C16H9NO5. The number of Topliss-reactive ketones (excluding diaryl/α,β-unsaturated/α-hetero) is 2. The van der Waals surface area contributed by atoms with Crippen molar-refractivity contribution in [1.82, 2.24) is 0 Å². The molecule has 1 fully saturated rings. The fourth-order valence-electron chi connectivity index (χ4n) is 3.00. The predicted octanol–water partition coefficient (Wildman–Crippen LogP) is 2.27. The van der Waals surface area contributed by atoms with E-state index in [4.69, 9.17) is 4.74 Å². The van der Waals surface area contributed by atoms with E-state index in [0.717, 1.165) is 0 Å². The summed E-state index contributed by atoms with van der Waals surface area (Å²) in [4.78, 5) is 35.5. The van der Waals surface area contributed by atoms with Crippen LogP contribution in [0.1, 0.15) is 26.3 Å². The van der Waals surface area contributed by atoms with Gasteiger partial charge in [-0.1, -0.05) is 36.4 Å². The quantitative estimate of drug-likeness (QED) is 0.481. The zero-order valence-electron chi connectivity index (χ0n) is 11.2.